The van der Waals surface area contributed by atoms with Gasteiger partial charge in [-0.25, -0.2) is 4.79 Å². The van der Waals surface area contributed by atoms with Crippen molar-refractivity contribution in [1.82, 2.24) is 5.32 Å². The van der Waals surface area contributed by atoms with E-state index in [-0.39, 0.29) is 12.5 Å². The second-order valence-electron chi connectivity index (χ2n) is 5.16. The van der Waals surface area contributed by atoms with Crippen molar-refractivity contribution >= 4 is 17.6 Å². The number of para-hydroxylation sites is 1. The van der Waals surface area contributed by atoms with Gasteiger partial charge in [0.05, 0.1) is 7.05 Å². The van der Waals surface area contributed by atoms with Crippen molar-refractivity contribution in [3.05, 3.63) is 66.2 Å². The lowest BCUT2D eigenvalue weighted by Gasteiger charge is -2.13. The Hall–Kier alpha value is -2.66. The molecule has 1 unspecified atom stereocenters. The second-order valence-corrected chi connectivity index (χ2v) is 5.16. The highest BCUT2D eigenvalue weighted by Gasteiger charge is 2.13. The van der Waals surface area contributed by atoms with E-state index in [1.165, 1.54) is 0 Å². The summed E-state index contributed by atoms with van der Waals surface area (Å²) in [7, 11) is 1.92. The molecule has 3 N–H and O–H groups in total. The number of likely N-dealkylation sites (N-methyl/N-ethyl adjacent to an activating group) is 1. The molecule has 0 heterocycles. The largest absolute Gasteiger partial charge is 0.326 e. The van der Waals surface area contributed by atoms with Crippen LogP contribution in [0.3, 0.4) is 0 Å². The molecule has 0 saturated carbocycles. The number of amides is 3. The van der Waals surface area contributed by atoms with Gasteiger partial charge in [-0.05, 0) is 12.1 Å². The quantitative estimate of drug-likeness (QED) is 0.772. The van der Waals surface area contributed by atoms with Crippen LogP contribution in [0.2, 0.25) is 0 Å². The molecule has 3 amide bonds. The van der Waals surface area contributed by atoms with Crippen molar-refractivity contribution in [2.45, 2.75) is 6.54 Å². The monoisotopic (exact) mass is 298 g/mol. The standard InChI is InChI=1S/C17H19N3O2/c1-20(12-14-8-4-2-5-9-14)13-16(21)19-17(22)18-15-10-6-3-7-11-15/h2-11H,12-13H2,1H3,(H2,18,19,21,22)/p+1. The van der Waals surface area contributed by atoms with Gasteiger partial charge in [-0.3, -0.25) is 10.1 Å². The van der Waals surface area contributed by atoms with Crippen LogP contribution < -0.4 is 15.5 Å². The average Bonchev–Trinajstić information content (AvgIpc) is 2.48. The van der Waals surface area contributed by atoms with E-state index in [2.05, 4.69) is 10.6 Å². The van der Waals surface area contributed by atoms with E-state index < -0.39 is 6.03 Å². The number of nitrogens with one attached hydrogen (secondary N) is 3. The molecule has 114 valence electrons. The number of carbonyl (C=O) groups is 2. The molecule has 0 aromatic heterocycles. The smallest absolute Gasteiger partial charge is 0.326 e. The first-order valence-electron chi connectivity index (χ1n) is 7.14. The van der Waals surface area contributed by atoms with Crippen LogP contribution in [0.1, 0.15) is 5.56 Å². The number of hydrogen-bond acceptors (Lipinski definition) is 2. The van der Waals surface area contributed by atoms with Gasteiger partial charge in [-0.15, -0.1) is 0 Å². The lowest BCUT2D eigenvalue weighted by Crippen LogP contribution is -3.09. The molecule has 2 aromatic rings. The second kappa shape index (κ2) is 7.95. The summed E-state index contributed by atoms with van der Waals surface area (Å²) in [5, 5.41) is 4.95. The van der Waals surface area contributed by atoms with Crippen LogP contribution in [0.4, 0.5) is 10.5 Å². The van der Waals surface area contributed by atoms with Crippen LogP contribution in [-0.4, -0.2) is 25.5 Å². The molecule has 0 bridgehead atoms. The van der Waals surface area contributed by atoms with Gasteiger partial charge in [-0.1, -0.05) is 48.5 Å². The van der Waals surface area contributed by atoms with E-state index in [4.69, 9.17) is 0 Å². The maximum atomic E-state index is 11.9. The average molecular weight is 298 g/mol. The number of anilines is 1. The Bertz CT molecular complexity index is 614. The predicted octanol–water partition coefficient (Wildman–Crippen LogP) is 1.05. The van der Waals surface area contributed by atoms with Crippen molar-refractivity contribution in [2.24, 2.45) is 0 Å². The van der Waals surface area contributed by atoms with Crippen molar-refractivity contribution in [3.8, 4) is 0 Å². The molecule has 0 radical (unpaired) electrons. The Morgan fingerprint density at radius 1 is 0.955 bits per heavy atom. The fraction of sp³-hybridized carbons (Fsp3) is 0.176. The van der Waals surface area contributed by atoms with E-state index >= 15 is 0 Å². The lowest BCUT2D eigenvalue weighted by atomic mass is 10.2. The summed E-state index contributed by atoms with van der Waals surface area (Å²) in [6.45, 7) is 0.964. The lowest BCUT2D eigenvalue weighted by molar-refractivity contribution is -0.885. The summed E-state index contributed by atoms with van der Waals surface area (Å²) in [4.78, 5) is 24.6. The van der Waals surface area contributed by atoms with Gasteiger partial charge < -0.3 is 10.2 Å². The Morgan fingerprint density at radius 2 is 1.55 bits per heavy atom. The molecule has 0 saturated heterocycles. The van der Waals surface area contributed by atoms with Crippen LogP contribution in [0.25, 0.3) is 0 Å². The first-order valence-corrected chi connectivity index (χ1v) is 7.14. The summed E-state index contributed by atoms with van der Waals surface area (Å²) in [6.07, 6.45) is 0. The first kappa shape index (κ1) is 15.7. The topological polar surface area (TPSA) is 62.6 Å². The summed E-state index contributed by atoms with van der Waals surface area (Å²) in [5.41, 5.74) is 1.80. The highest BCUT2D eigenvalue weighted by Crippen LogP contribution is 2.03. The van der Waals surface area contributed by atoms with Crippen LogP contribution in [-0.2, 0) is 11.3 Å². The number of benzene rings is 2. The Balaban J connectivity index is 1.76. The number of quaternary nitrogens is 1. The zero-order valence-electron chi connectivity index (χ0n) is 12.5. The van der Waals surface area contributed by atoms with Crippen LogP contribution >= 0.6 is 0 Å². The normalized spacial score (nSPS) is 11.5. The van der Waals surface area contributed by atoms with E-state index in [0.717, 1.165) is 17.0 Å². The molecule has 0 aliphatic carbocycles. The Morgan fingerprint density at radius 3 is 2.18 bits per heavy atom. The number of urea groups is 1. The molecule has 5 nitrogen and oxygen atoms in total. The fourth-order valence-corrected chi connectivity index (χ4v) is 2.14. The molecular formula is C17H20N3O2+. The molecule has 0 spiro atoms. The minimum absolute atomic E-state index is 0.233. The third-order valence-electron chi connectivity index (χ3n) is 3.10. The van der Waals surface area contributed by atoms with E-state index in [0.29, 0.717) is 5.69 Å². The minimum Gasteiger partial charge on any atom is -0.326 e. The maximum Gasteiger partial charge on any atom is 0.326 e. The summed E-state index contributed by atoms with van der Waals surface area (Å²) in [6, 6.07) is 18.4. The molecule has 22 heavy (non-hydrogen) atoms. The number of carbonyl (C=O) groups excluding carboxylic acids is 2. The molecule has 0 aliphatic rings. The third kappa shape index (κ3) is 5.38. The molecule has 1 atom stereocenters. The zero-order chi connectivity index (χ0) is 15.8. The highest BCUT2D eigenvalue weighted by atomic mass is 16.2. The van der Waals surface area contributed by atoms with Crippen LogP contribution in [0.15, 0.2) is 60.7 Å². The Labute approximate surface area is 129 Å². The number of rotatable bonds is 5. The van der Waals surface area contributed by atoms with E-state index in [1.807, 2.05) is 55.6 Å². The van der Waals surface area contributed by atoms with Gasteiger partial charge in [0.15, 0.2) is 6.54 Å². The molecule has 5 heteroatoms. The van der Waals surface area contributed by atoms with Gasteiger partial charge in [-0.2, -0.15) is 0 Å². The number of imide groups is 1. The van der Waals surface area contributed by atoms with Crippen molar-refractivity contribution in [2.75, 3.05) is 18.9 Å². The van der Waals surface area contributed by atoms with Gasteiger partial charge in [0.25, 0.3) is 5.91 Å². The summed E-state index contributed by atoms with van der Waals surface area (Å²) in [5.74, 6) is -0.304. The molecule has 0 fully saturated rings. The highest BCUT2D eigenvalue weighted by molar-refractivity contribution is 6.01. The molecule has 2 aromatic carbocycles. The first-order chi connectivity index (χ1) is 10.6. The SMILES string of the molecule is C[NH+](CC(=O)NC(=O)Nc1ccccc1)Cc1ccccc1. The van der Waals surface area contributed by atoms with Crippen molar-refractivity contribution in [3.63, 3.8) is 0 Å². The number of hydrogen-bond donors (Lipinski definition) is 3. The van der Waals surface area contributed by atoms with Gasteiger partial charge in [0.2, 0.25) is 0 Å². The summed E-state index contributed by atoms with van der Waals surface area (Å²) >= 11 is 0. The third-order valence-corrected chi connectivity index (χ3v) is 3.10. The van der Waals surface area contributed by atoms with E-state index in [1.54, 1.807) is 12.1 Å². The zero-order valence-corrected chi connectivity index (χ0v) is 12.5. The van der Waals surface area contributed by atoms with Gasteiger partial charge >= 0.3 is 6.03 Å². The van der Waals surface area contributed by atoms with E-state index in [9.17, 15) is 9.59 Å². The minimum atomic E-state index is -0.510. The summed E-state index contributed by atoms with van der Waals surface area (Å²) < 4.78 is 0. The molecule has 2 rings (SSSR count). The van der Waals surface area contributed by atoms with Crippen LogP contribution in [0, 0.1) is 0 Å². The maximum absolute atomic E-state index is 11.9. The van der Waals surface area contributed by atoms with Crippen LogP contribution in [0.5, 0.6) is 0 Å². The Kier molecular flexibility index (Phi) is 5.68. The molecule has 0 aliphatic heterocycles. The predicted molar refractivity (Wildman–Crippen MR) is 85.5 cm³/mol. The fourth-order valence-electron chi connectivity index (χ4n) is 2.14. The van der Waals surface area contributed by atoms with Gasteiger partial charge in [0, 0.05) is 11.3 Å². The van der Waals surface area contributed by atoms with Crippen molar-refractivity contribution in [1.29, 1.82) is 0 Å². The van der Waals surface area contributed by atoms with Gasteiger partial charge in [0.1, 0.15) is 6.54 Å². The molecular weight excluding hydrogens is 278 g/mol. The van der Waals surface area contributed by atoms with Crippen molar-refractivity contribution < 1.29 is 14.5 Å².